The predicted molar refractivity (Wildman–Crippen MR) is 227 cm³/mol. The maximum Gasteiger partial charge on any atom is 0.218 e. The first-order valence-electron chi connectivity index (χ1n) is 18.3. The number of fused-ring (bicyclic) bond motifs is 9. The van der Waals surface area contributed by atoms with Gasteiger partial charge in [0.2, 0.25) is 5.69 Å². The largest absolute Gasteiger partial charge is 0.319 e. The Morgan fingerprint density at radius 2 is 0.855 bits per heavy atom. The lowest BCUT2D eigenvalue weighted by atomic mass is 10.0. The Morgan fingerprint density at radius 3 is 1.44 bits per heavy atom. The second-order valence-corrected chi connectivity index (χ2v) is 13.9. The summed E-state index contributed by atoms with van der Waals surface area (Å²) in [5.41, 5.74) is 12.4. The van der Waals surface area contributed by atoms with Crippen LogP contribution in [0.2, 0.25) is 0 Å². The highest BCUT2D eigenvalue weighted by molar-refractivity contribution is 6.17. The molecule has 0 amide bonds. The summed E-state index contributed by atoms with van der Waals surface area (Å²) in [6.07, 6.45) is 0. The Hall–Kier alpha value is -7.86. The molecule has 0 unspecified atom stereocenters. The molecule has 5 nitrogen and oxygen atoms in total. The van der Waals surface area contributed by atoms with Crippen molar-refractivity contribution in [1.29, 1.82) is 0 Å². The van der Waals surface area contributed by atoms with Crippen LogP contribution in [-0.2, 0) is 0 Å². The van der Waals surface area contributed by atoms with Crippen molar-refractivity contribution < 1.29 is 0 Å². The van der Waals surface area contributed by atoms with Crippen molar-refractivity contribution >= 4 is 76.8 Å². The van der Waals surface area contributed by atoms with Gasteiger partial charge in [-0.2, -0.15) is 0 Å². The van der Waals surface area contributed by atoms with Gasteiger partial charge in [0, 0.05) is 32.6 Å². The minimum atomic E-state index is 0.572. The molecular weight excluding hydrogens is 671 g/mol. The summed E-state index contributed by atoms with van der Waals surface area (Å²) in [4.78, 5) is 8.06. The summed E-state index contributed by atoms with van der Waals surface area (Å²) in [6, 6.07) is 61.1. The molecule has 11 rings (SSSR count). The van der Waals surface area contributed by atoms with E-state index in [1.807, 2.05) is 36.4 Å². The summed E-state index contributed by atoms with van der Waals surface area (Å²) in [7, 11) is 0. The van der Waals surface area contributed by atoms with Crippen molar-refractivity contribution in [2.45, 2.75) is 0 Å². The molecule has 0 aliphatic heterocycles. The molecule has 3 heterocycles. The van der Waals surface area contributed by atoms with Gasteiger partial charge in [-0.1, -0.05) is 109 Å². The maximum absolute atomic E-state index is 8.59. The Morgan fingerprint density at radius 1 is 0.364 bits per heavy atom. The third-order valence-electron chi connectivity index (χ3n) is 11.1. The molecule has 0 bridgehead atoms. The smallest absolute Gasteiger partial charge is 0.218 e. The highest BCUT2D eigenvalue weighted by Crippen LogP contribution is 2.44. The van der Waals surface area contributed by atoms with Crippen LogP contribution in [0.25, 0.3) is 103 Å². The predicted octanol–water partition coefficient (Wildman–Crippen LogP) is 13.7. The molecule has 0 aliphatic carbocycles. The number of hydrogen-bond acceptors (Lipinski definition) is 0. The maximum atomic E-state index is 8.59. The van der Waals surface area contributed by atoms with E-state index in [9.17, 15) is 0 Å². The third-order valence-corrected chi connectivity index (χ3v) is 11.1. The molecule has 0 atom stereocenters. The van der Waals surface area contributed by atoms with Crippen molar-refractivity contribution in [3.63, 3.8) is 0 Å². The van der Waals surface area contributed by atoms with Gasteiger partial charge in [-0.15, -0.1) is 0 Å². The number of nitrogens with zero attached hydrogens (tertiary/aromatic N) is 5. The van der Waals surface area contributed by atoms with E-state index in [1.165, 1.54) is 21.5 Å². The minimum Gasteiger partial charge on any atom is -0.319 e. The molecule has 0 aliphatic rings. The van der Waals surface area contributed by atoms with Crippen LogP contribution in [0.3, 0.4) is 0 Å². The van der Waals surface area contributed by atoms with Crippen molar-refractivity contribution in [2.75, 3.05) is 0 Å². The average molecular weight is 700 g/mol. The van der Waals surface area contributed by atoms with Crippen LogP contribution < -0.4 is 0 Å². The first-order valence-corrected chi connectivity index (χ1v) is 18.3. The Bertz CT molecular complexity index is 3350. The van der Waals surface area contributed by atoms with E-state index in [0.717, 1.165) is 72.1 Å². The van der Waals surface area contributed by atoms with E-state index >= 15 is 0 Å². The molecular formula is C50H29N5. The molecule has 0 N–H and O–H groups in total. The molecule has 0 spiro atoms. The quantitative estimate of drug-likeness (QED) is 0.163. The minimum absolute atomic E-state index is 0.572. The first kappa shape index (κ1) is 30.7. The lowest BCUT2D eigenvalue weighted by Gasteiger charge is -2.15. The second kappa shape index (κ2) is 11.8. The molecule has 5 heteroatoms. The SMILES string of the molecule is [C-]#[N+]c1ccc2c(c1)c1c(-n3c4ccccc4c4ccccc43)cccc1n2-c1cccc(-c2ccc(-n3c4ccccc4c4ccccc43)cc2)c1[N+]#[C-]. The van der Waals surface area contributed by atoms with E-state index in [-0.39, 0.29) is 0 Å². The zero-order valence-electron chi connectivity index (χ0n) is 29.5. The molecule has 11 aromatic rings. The number of benzene rings is 8. The van der Waals surface area contributed by atoms with Crippen molar-refractivity contribution in [3.05, 3.63) is 199 Å². The van der Waals surface area contributed by atoms with E-state index in [4.69, 9.17) is 13.1 Å². The van der Waals surface area contributed by atoms with Gasteiger partial charge in [0.25, 0.3) is 0 Å². The molecule has 3 aromatic heterocycles. The molecule has 0 saturated carbocycles. The van der Waals surface area contributed by atoms with Crippen LogP contribution in [-0.4, -0.2) is 13.7 Å². The van der Waals surface area contributed by atoms with E-state index in [2.05, 4.69) is 163 Å². The Kier molecular flexibility index (Phi) is 6.61. The fourth-order valence-corrected chi connectivity index (χ4v) is 8.79. The van der Waals surface area contributed by atoms with Crippen LogP contribution in [0, 0.1) is 13.1 Å². The standard InChI is InChI=1S/C50H29N5/c1-51-33-27-30-45-40(31-33)49-46(54-43-20-9-5-15-38(43)39-16-6-10-21-44(39)54)22-12-23-47(49)55(45)48-24-11-17-35(50(48)52-2)32-25-28-34(29-26-32)53-41-18-7-3-13-36(41)37-14-4-8-19-42(37)53/h3-31H. The summed E-state index contributed by atoms with van der Waals surface area (Å²) < 4.78 is 6.86. The highest BCUT2D eigenvalue weighted by atomic mass is 15.0. The molecule has 55 heavy (non-hydrogen) atoms. The van der Waals surface area contributed by atoms with Gasteiger partial charge in [0.05, 0.1) is 57.6 Å². The van der Waals surface area contributed by atoms with E-state index < -0.39 is 0 Å². The van der Waals surface area contributed by atoms with Gasteiger partial charge in [-0.25, -0.2) is 9.69 Å². The molecule has 0 fully saturated rings. The Labute approximate surface area is 316 Å². The molecule has 0 saturated heterocycles. The normalized spacial score (nSPS) is 11.6. The van der Waals surface area contributed by atoms with Crippen LogP contribution >= 0.6 is 0 Å². The Balaban J connectivity index is 1.13. The van der Waals surface area contributed by atoms with Gasteiger partial charge in [0.1, 0.15) is 0 Å². The molecule has 8 aromatic carbocycles. The fourth-order valence-electron chi connectivity index (χ4n) is 8.79. The van der Waals surface area contributed by atoms with Gasteiger partial charge in [-0.3, -0.25) is 0 Å². The number of hydrogen-bond donors (Lipinski definition) is 0. The van der Waals surface area contributed by atoms with E-state index in [1.54, 1.807) is 0 Å². The highest BCUT2D eigenvalue weighted by Gasteiger charge is 2.22. The van der Waals surface area contributed by atoms with Crippen molar-refractivity contribution in [1.82, 2.24) is 13.7 Å². The van der Waals surface area contributed by atoms with Crippen molar-refractivity contribution in [3.8, 4) is 28.2 Å². The lowest BCUT2D eigenvalue weighted by molar-refractivity contribution is 1.17. The second-order valence-electron chi connectivity index (χ2n) is 13.9. The summed E-state index contributed by atoms with van der Waals surface area (Å²) in [5.74, 6) is 0. The topological polar surface area (TPSA) is 23.5 Å². The summed E-state index contributed by atoms with van der Waals surface area (Å²) in [6.45, 7) is 16.5. The van der Waals surface area contributed by atoms with Crippen molar-refractivity contribution in [2.24, 2.45) is 0 Å². The average Bonchev–Trinajstić information content (AvgIpc) is 3.89. The number of rotatable bonds is 4. The van der Waals surface area contributed by atoms with Gasteiger partial charge < -0.3 is 13.7 Å². The fraction of sp³-hybridized carbons (Fsp3) is 0. The summed E-state index contributed by atoms with van der Waals surface area (Å²) in [5, 5.41) is 6.83. The van der Waals surface area contributed by atoms with Crippen LogP contribution in [0.15, 0.2) is 176 Å². The lowest BCUT2D eigenvalue weighted by Crippen LogP contribution is -1.97. The van der Waals surface area contributed by atoms with Crippen LogP contribution in [0.4, 0.5) is 11.4 Å². The third kappa shape index (κ3) is 4.39. The molecule has 254 valence electrons. The van der Waals surface area contributed by atoms with Gasteiger partial charge in [-0.05, 0) is 83.2 Å². The van der Waals surface area contributed by atoms with Crippen LogP contribution in [0.5, 0.6) is 0 Å². The molecule has 0 radical (unpaired) electrons. The monoisotopic (exact) mass is 699 g/mol. The first-order chi connectivity index (χ1) is 27.2. The number of aromatic nitrogens is 3. The van der Waals surface area contributed by atoms with Crippen LogP contribution in [0.1, 0.15) is 0 Å². The van der Waals surface area contributed by atoms with Gasteiger partial charge in [0.15, 0.2) is 5.69 Å². The summed E-state index contributed by atoms with van der Waals surface area (Å²) >= 11 is 0. The zero-order chi connectivity index (χ0) is 36.6. The number of para-hydroxylation sites is 5. The van der Waals surface area contributed by atoms with Gasteiger partial charge >= 0.3 is 0 Å². The zero-order valence-corrected chi connectivity index (χ0v) is 29.5. The van der Waals surface area contributed by atoms with E-state index in [0.29, 0.717) is 11.4 Å².